The highest BCUT2D eigenvalue weighted by atomic mass is 16.5. The molecule has 0 saturated carbocycles. The molecule has 2 fully saturated rings. The van der Waals surface area contributed by atoms with Crippen molar-refractivity contribution in [2.75, 3.05) is 16.3 Å². The van der Waals surface area contributed by atoms with Gasteiger partial charge in [0.15, 0.2) is 0 Å². The van der Waals surface area contributed by atoms with Crippen LogP contribution < -0.4 is 14.5 Å². The van der Waals surface area contributed by atoms with Crippen LogP contribution in [0.3, 0.4) is 0 Å². The summed E-state index contributed by atoms with van der Waals surface area (Å²) in [7, 11) is 0. The first-order valence-corrected chi connectivity index (χ1v) is 12.0. The molecular formula is C28H28N2O5. The molecular weight excluding hydrogens is 444 g/mol. The second-order valence-corrected chi connectivity index (χ2v) is 9.83. The first-order valence-electron chi connectivity index (χ1n) is 12.0. The molecule has 0 radical (unpaired) electrons. The average Bonchev–Trinajstić information content (AvgIpc) is 3.32. The van der Waals surface area contributed by atoms with Gasteiger partial charge in [0.25, 0.3) is 0 Å². The third-order valence-electron chi connectivity index (χ3n) is 7.22. The molecule has 2 saturated heterocycles. The number of nitrogens with zero attached hydrogens (tertiary/aromatic N) is 2. The number of carbonyl (C=O) groups excluding carboxylic acids is 4. The predicted octanol–water partition coefficient (Wildman–Crippen LogP) is 4.11. The summed E-state index contributed by atoms with van der Waals surface area (Å²) in [6.45, 7) is 6.00. The van der Waals surface area contributed by atoms with E-state index in [4.69, 9.17) is 4.74 Å². The zero-order valence-electron chi connectivity index (χ0n) is 20.1. The minimum atomic E-state index is -0.566. The van der Waals surface area contributed by atoms with E-state index in [-0.39, 0.29) is 42.5 Å². The highest BCUT2D eigenvalue weighted by Crippen LogP contribution is 2.41. The summed E-state index contributed by atoms with van der Waals surface area (Å²) >= 11 is 0. The lowest BCUT2D eigenvalue weighted by Crippen LogP contribution is -2.31. The molecule has 0 aromatic heterocycles. The van der Waals surface area contributed by atoms with Gasteiger partial charge in [-0.3, -0.25) is 19.2 Å². The van der Waals surface area contributed by atoms with Crippen LogP contribution in [0.4, 0.5) is 11.4 Å². The minimum Gasteiger partial charge on any atom is -0.426 e. The molecule has 0 bridgehead atoms. The summed E-state index contributed by atoms with van der Waals surface area (Å²) in [5, 5.41) is 0. The van der Waals surface area contributed by atoms with Gasteiger partial charge in [-0.05, 0) is 75.1 Å². The number of ether oxygens (including phenoxy) is 1. The highest BCUT2D eigenvalue weighted by molar-refractivity contribution is 6.22. The number of fused-ring (bicyclic) bond motifs is 1. The summed E-state index contributed by atoms with van der Waals surface area (Å²) in [5.41, 5.74) is 4.14. The first kappa shape index (κ1) is 23.0. The summed E-state index contributed by atoms with van der Waals surface area (Å²) in [6.07, 6.45) is 3.34. The van der Waals surface area contributed by atoms with Crippen molar-refractivity contribution >= 4 is 35.1 Å². The first-order chi connectivity index (χ1) is 16.7. The quantitative estimate of drug-likeness (QED) is 0.289. The Hall–Kier alpha value is -3.74. The lowest BCUT2D eigenvalue weighted by Gasteiger charge is -2.19. The summed E-state index contributed by atoms with van der Waals surface area (Å²) in [5.74, 6) is -1.77. The molecule has 2 heterocycles. The molecule has 7 nitrogen and oxygen atoms in total. The number of hydrogen-bond acceptors (Lipinski definition) is 5. The second kappa shape index (κ2) is 8.80. The third-order valence-corrected chi connectivity index (χ3v) is 7.22. The fourth-order valence-electron chi connectivity index (χ4n) is 5.33. The molecule has 0 N–H and O–H groups in total. The maximum Gasteiger partial charge on any atom is 0.316 e. The van der Waals surface area contributed by atoms with Crippen LogP contribution in [0.2, 0.25) is 0 Å². The Balaban J connectivity index is 1.28. The maximum absolute atomic E-state index is 13.0. The van der Waals surface area contributed by atoms with Crippen LogP contribution in [0.1, 0.15) is 37.3 Å². The van der Waals surface area contributed by atoms with E-state index in [9.17, 15) is 19.2 Å². The van der Waals surface area contributed by atoms with Crippen LogP contribution >= 0.6 is 0 Å². The average molecular weight is 473 g/mol. The van der Waals surface area contributed by atoms with Gasteiger partial charge in [-0.25, -0.2) is 4.90 Å². The van der Waals surface area contributed by atoms with Gasteiger partial charge >= 0.3 is 5.97 Å². The van der Waals surface area contributed by atoms with Gasteiger partial charge in [-0.1, -0.05) is 23.8 Å². The van der Waals surface area contributed by atoms with Crippen LogP contribution in [0, 0.1) is 31.6 Å². The zero-order valence-corrected chi connectivity index (χ0v) is 20.1. The summed E-state index contributed by atoms with van der Waals surface area (Å²) < 4.78 is 5.60. The number of benzene rings is 2. The molecule has 3 atom stereocenters. The van der Waals surface area contributed by atoms with E-state index >= 15 is 0 Å². The molecule has 2 aromatic carbocycles. The highest BCUT2D eigenvalue weighted by Gasteiger charge is 2.49. The molecule has 180 valence electrons. The SMILES string of the molecule is CC1=CC[C@@H]2C(=O)N(c3ccc(OC(=O)[C@H]4CC(=O)N(c5cccc(C)c5)C4)cc3C)C(=O)[C@H]2C1. The van der Waals surface area contributed by atoms with E-state index in [1.54, 1.807) is 30.0 Å². The number of aryl methyl sites for hydroxylation is 2. The number of rotatable bonds is 4. The van der Waals surface area contributed by atoms with Crippen molar-refractivity contribution < 1.29 is 23.9 Å². The van der Waals surface area contributed by atoms with E-state index in [0.29, 0.717) is 29.8 Å². The molecule has 1 aliphatic carbocycles. The smallest absolute Gasteiger partial charge is 0.316 e. The van der Waals surface area contributed by atoms with Crippen LogP contribution in [-0.4, -0.2) is 30.2 Å². The third kappa shape index (κ3) is 4.16. The molecule has 2 aliphatic heterocycles. The zero-order chi connectivity index (χ0) is 24.9. The van der Waals surface area contributed by atoms with Crippen molar-refractivity contribution in [3.63, 3.8) is 0 Å². The maximum atomic E-state index is 13.0. The number of hydrogen-bond donors (Lipinski definition) is 0. The number of carbonyl (C=O) groups is 4. The molecule has 7 heteroatoms. The van der Waals surface area contributed by atoms with Crippen molar-refractivity contribution in [3.05, 3.63) is 65.2 Å². The lowest BCUT2D eigenvalue weighted by atomic mass is 9.82. The van der Waals surface area contributed by atoms with Crippen LogP contribution in [0.15, 0.2) is 54.1 Å². The summed E-state index contributed by atoms with van der Waals surface area (Å²) in [4.78, 5) is 54.3. The Bertz CT molecular complexity index is 1280. The van der Waals surface area contributed by atoms with Crippen LogP contribution in [0.5, 0.6) is 5.75 Å². The van der Waals surface area contributed by atoms with Crippen molar-refractivity contribution in [1.29, 1.82) is 0 Å². The van der Waals surface area contributed by atoms with Gasteiger partial charge in [0.2, 0.25) is 17.7 Å². The molecule has 0 spiro atoms. The molecule has 2 aromatic rings. The Morgan fingerprint density at radius 3 is 2.46 bits per heavy atom. The fourth-order valence-corrected chi connectivity index (χ4v) is 5.33. The topological polar surface area (TPSA) is 84.0 Å². The number of esters is 1. The number of anilines is 2. The van der Waals surface area contributed by atoms with Gasteiger partial charge < -0.3 is 9.64 Å². The van der Waals surface area contributed by atoms with Gasteiger partial charge in [0.05, 0.1) is 23.4 Å². The number of amides is 3. The van der Waals surface area contributed by atoms with Crippen molar-refractivity contribution in [2.24, 2.45) is 17.8 Å². The van der Waals surface area contributed by atoms with Gasteiger partial charge in [-0.15, -0.1) is 0 Å². The predicted molar refractivity (Wildman–Crippen MR) is 131 cm³/mol. The van der Waals surface area contributed by atoms with Crippen LogP contribution in [0.25, 0.3) is 0 Å². The van der Waals surface area contributed by atoms with Crippen LogP contribution in [-0.2, 0) is 19.2 Å². The second-order valence-electron chi connectivity index (χ2n) is 9.83. The van der Waals surface area contributed by atoms with Gasteiger partial charge in [0.1, 0.15) is 5.75 Å². The fraction of sp³-hybridized carbons (Fsp3) is 0.357. The molecule has 35 heavy (non-hydrogen) atoms. The monoisotopic (exact) mass is 472 g/mol. The van der Waals surface area contributed by atoms with Gasteiger partial charge in [-0.2, -0.15) is 0 Å². The van der Waals surface area contributed by atoms with E-state index in [0.717, 1.165) is 16.8 Å². The molecule has 3 aliphatic rings. The standard InChI is InChI=1S/C28H28N2O5/c1-16-5-4-6-20(11-16)29-15-19(14-25(29)31)28(34)35-21-8-10-24(18(3)13-21)30-26(32)22-9-7-17(2)12-23(22)27(30)33/h4-8,10-11,13,19,22-23H,9,12,14-15H2,1-3H3/t19-,22-,23-/m0/s1. The molecule has 0 unspecified atom stereocenters. The van der Waals surface area contributed by atoms with E-state index in [2.05, 4.69) is 0 Å². The number of imide groups is 1. The normalized spacial score (nSPS) is 24.0. The van der Waals surface area contributed by atoms with Crippen molar-refractivity contribution in [1.82, 2.24) is 0 Å². The van der Waals surface area contributed by atoms with E-state index in [1.165, 1.54) is 4.90 Å². The Kier molecular flexibility index (Phi) is 5.79. The van der Waals surface area contributed by atoms with E-state index in [1.807, 2.05) is 44.2 Å². The minimum absolute atomic E-state index is 0.0941. The Morgan fingerprint density at radius 1 is 0.943 bits per heavy atom. The molecule has 5 rings (SSSR count). The van der Waals surface area contributed by atoms with Gasteiger partial charge in [0, 0.05) is 18.7 Å². The largest absolute Gasteiger partial charge is 0.426 e. The Labute approximate surface area is 204 Å². The molecule has 3 amide bonds. The van der Waals surface area contributed by atoms with Crippen molar-refractivity contribution in [3.8, 4) is 5.75 Å². The van der Waals surface area contributed by atoms with Crippen molar-refractivity contribution in [2.45, 2.75) is 40.0 Å². The lowest BCUT2D eigenvalue weighted by molar-refractivity contribution is -0.139. The van der Waals surface area contributed by atoms with E-state index < -0.39 is 11.9 Å². The summed E-state index contributed by atoms with van der Waals surface area (Å²) in [6, 6.07) is 12.5. The Morgan fingerprint density at radius 2 is 1.71 bits per heavy atom. The number of allylic oxidation sites excluding steroid dienone is 2.